The Bertz CT molecular complexity index is 205. The number of unbranched alkanes of at least 4 members (excludes halogenated alkanes) is 3. The molecule has 0 rings (SSSR count). The van der Waals surface area contributed by atoms with Crippen LogP contribution in [0.25, 0.3) is 0 Å². The molecule has 0 saturated heterocycles. The molecule has 0 unspecified atom stereocenters. The smallest absolute Gasteiger partial charge is 0.309 e. The van der Waals surface area contributed by atoms with Gasteiger partial charge in [-0.2, -0.15) is 0 Å². The predicted octanol–water partition coefficient (Wildman–Crippen LogP) is 3.63. The standard InChI is InChI=1S/C13H22O2/c1-3-5-6-7-8-9-10-11-12-13(14)15-4-2/h8-11H,3-7,12H2,1-2H3/b9-8+,11-10+. The molecule has 86 valence electrons. The summed E-state index contributed by atoms with van der Waals surface area (Å²) in [6.07, 6.45) is 13.1. The van der Waals surface area contributed by atoms with Gasteiger partial charge in [0.25, 0.3) is 0 Å². The zero-order valence-electron chi connectivity index (χ0n) is 9.87. The quantitative estimate of drug-likeness (QED) is 0.347. The van der Waals surface area contributed by atoms with Crippen LogP contribution in [0.5, 0.6) is 0 Å². The number of carbonyl (C=O) groups excluding carboxylic acids is 1. The topological polar surface area (TPSA) is 26.3 Å². The highest BCUT2D eigenvalue weighted by Crippen LogP contribution is 1.99. The molecule has 0 fully saturated rings. The second kappa shape index (κ2) is 11.0. The van der Waals surface area contributed by atoms with Crippen LogP contribution in [-0.2, 0) is 9.53 Å². The van der Waals surface area contributed by atoms with Gasteiger partial charge in [0.05, 0.1) is 13.0 Å². The highest BCUT2D eigenvalue weighted by Gasteiger charge is 1.94. The minimum Gasteiger partial charge on any atom is -0.466 e. The second-order valence-corrected chi connectivity index (χ2v) is 3.36. The molecular formula is C13H22O2. The van der Waals surface area contributed by atoms with Crippen molar-refractivity contribution in [1.82, 2.24) is 0 Å². The van der Waals surface area contributed by atoms with Crippen LogP contribution in [-0.4, -0.2) is 12.6 Å². The molecule has 0 aromatic heterocycles. The van der Waals surface area contributed by atoms with Crippen LogP contribution >= 0.6 is 0 Å². The fourth-order valence-electron chi connectivity index (χ4n) is 1.15. The van der Waals surface area contributed by atoms with Gasteiger partial charge in [0.15, 0.2) is 0 Å². The summed E-state index contributed by atoms with van der Waals surface area (Å²) in [7, 11) is 0. The van der Waals surface area contributed by atoms with Crippen LogP contribution in [0.15, 0.2) is 24.3 Å². The van der Waals surface area contributed by atoms with Crippen molar-refractivity contribution in [3.63, 3.8) is 0 Å². The summed E-state index contributed by atoms with van der Waals surface area (Å²) < 4.78 is 4.79. The molecule has 0 aliphatic carbocycles. The summed E-state index contributed by atoms with van der Waals surface area (Å²) in [6.45, 7) is 4.47. The molecule has 0 amide bonds. The van der Waals surface area contributed by atoms with Crippen LogP contribution in [0.3, 0.4) is 0 Å². The van der Waals surface area contributed by atoms with Gasteiger partial charge in [0, 0.05) is 0 Å². The van der Waals surface area contributed by atoms with Crippen LogP contribution < -0.4 is 0 Å². The Morgan fingerprint density at radius 1 is 1.13 bits per heavy atom. The number of hydrogen-bond donors (Lipinski definition) is 0. The van der Waals surface area contributed by atoms with E-state index in [4.69, 9.17) is 4.74 Å². The summed E-state index contributed by atoms with van der Waals surface area (Å²) in [6, 6.07) is 0. The lowest BCUT2D eigenvalue weighted by Crippen LogP contribution is -2.01. The fourth-order valence-corrected chi connectivity index (χ4v) is 1.15. The van der Waals surface area contributed by atoms with E-state index in [0.717, 1.165) is 6.42 Å². The summed E-state index contributed by atoms with van der Waals surface area (Å²) in [4.78, 5) is 10.9. The summed E-state index contributed by atoms with van der Waals surface area (Å²) in [5.74, 6) is -0.159. The molecule has 0 heterocycles. The third-order valence-electron chi connectivity index (χ3n) is 1.95. The highest BCUT2D eigenvalue weighted by molar-refractivity contribution is 5.71. The fraction of sp³-hybridized carbons (Fsp3) is 0.615. The molecule has 0 atom stereocenters. The Labute approximate surface area is 93.0 Å². The van der Waals surface area contributed by atoms with E-state index in [1.165, 1.54) is 19.3 Å². The number of allylic oxidation sites excluding steroid dienone is 3. The maximum Gasteiger partial charge on any atom is 0.309 e. The van der Waals surface area contributed by atoms with Gasteiger partial charge in [-0.15, -0.1) is 0 Å². The normalized spacial score (nSPS) is 11.3. The maximum atomic E-state index is 10.9. The zero-order chi connectivity index (χ0) is 11.4. The molecule has 2 nitrogen and oxygen atoms in total. The minimum absolute atomic E-state index is 0.159. The molecular weight excluding hydrogens is 188 g/mol. The lowest BCUT2D eigenvalue weighted by atomic mass is 10.2. The van der Waals surface area contributed by atoms with E-state index in [1.807, 2.05) is 25.2 Å². The zero-order valence-corrected chi connectivity index (χ0v) is 9.87. The van der Waals surface area contributed by atoms with E-state index in [2.05, 4.69) is 13.0 Å². The van der Waals surface area contributed by atoms with Crippen LogP contribution in [0, 0.1) is 0 Å². The molecule has 0 saturated carbocycles. The highest BCUT2D eigenvalue weighted by atomic mass is 16.5. The first-order valence-corrected chi connectivity index (χ1v) is 5.78. The lowest BCUT2D eigenvalue weighted by molar-refractivity contribution is -0.142. The number of carbonyl (C=O) groups is 1. The van der Waals surface area contributed by atoms with Crippen molar-refractivity contribution in [3.05, 3.63) is 24.3 Å². The average Bonchev–Trinajstić information content (AvgIpc) is 2.22. The van der Waals surface area contributed by atoms with Crippen LogP contribution in [0.4, 0.5) is 0 Å². The summed E-state index contributed by atoms with van der Waals surface area (Å²) in [5, 5.41) is 0. The van der Waals surface area contributed by atoms with E-state index in [9.17, 15) is 4.79 Å². The predicted molar refractivity (Wildman–Crippen MR) is 63.7 cm³/mol. The van der Waals surface area contributed by atoms with Crippen molar-refractivity contribution >= 4 is 5.97 Å². The molecule has 0 spiro atoms. The molecule has 0 aliphatic rings. The first kappa shape index (κ1) is 13.9. The lowest BCUT2D eigenvalue weighted by Gasteiger charge is -1.95. The molecule has 0 N–H and O–H groups in total. The maximum absolute atomic E-state index is 10.9. The Morgan fingerprint density at radius 2 is 1.87 bits per heavy atom. The average molecular weight is 210 g/mol. The molecule has 0 aliphatic heterocycles. The van der Waals surface area contributed by atoms with Gasteiger partial charge in [-0.25, -0.2) is 0 Å². The number of ether oxygens (including phenoxy) is 1. The molecule has 0 bridgehead atoms. The summed E-state index contributed by atoms with van der Waals surface area (Å²) in [5.41, 5.74) is 0. The summed E-state index contributed by atoms with van der Waals surface area (Å²) >= 11 is 0. The van der Waals surface area contributed by atoms with Gasteiger partial charge in [-0.3, -0.25) is 4.79 Å². The largest absolute Gasteiger partial charge is 0.466 e. The van der Waals surface area contributed by atoms with Crippen LogP contribution in [0.1, 0.15) is 46.0 Å². The molecule has 0 radical (unpaired) electrons. The van der Waals surface area contributed by atoms with E-state index >= 15 is 0 Å². The van der Waals surface area contributed by atoms with Gasteiger partial charge >= 0.3 is 5.97 Å². The monoisotopic (exact) mass is 210 g/mol. The minimum atomic E-state index is -0.159. The first-order chi connectivity index (χ1) is 7.31. The van der Waals surface area contributed by atoms with E-state index in [-0.39, 0.29) is 5.97 Å². The SMILES string of the molecule is CCCCC/C=C/C=C/CC(=O)OCC. The van der Waals surface area contributed by atoms with Crippen molar-refractivity contribution in [1.29, 1.82) is 0 Å². The Hall–Kier alpha value is -1.05. The van der Waals surface area contributed by atoms with E-state index in [1.54, 1.807) is 0 Å². The number of rotatable bonds is 8. The van der Waals surface area contributed by atoms with Crippen molar-refractivity contribution in [2.75, 3.05) is 6.61 Å². The van der Waals surface area contributed by atoms with E-state index in [0.29, 0.717) is 13.0 Å². The van der Waals surface area contributed by atoms with Crippen molar-refractivity contribution in [2.24, 2.45) is 0 Å². The number of hydrogen-bond acceptors (Lipinski definition) is 2. The molecule has 15 heavy (non-hydrogen) atoms. The third kappa shape index (κ3) is 10.9. The van der Waals surface area contributed by atoms with Gasteiger partial charge in [0.2, 0.25) is 0 Å². The van der Waals surface area contributed by atoms with Crippen LogP contribution in [0.2, 0.25) is 0 Å². The number of esters is 1. The Balaban J connectivity index is 3.40. The van der Waals surface area contributed by atoms with Crippen molar-refractivity contribution < 1.29 is 9.53 Å². The van der Waals surface area contributed by atoms with Gasteiger partial charge in [0.1, 0.15) is 0 Å². The molecule has 2 heteroatoms. The Morgan fingerprint density at radius 3 is 2.53 bits per heavy atom. The Kier molecular flexibility index (Phi) is 10.3. The second-order valence-electron chi connectivity index (χ2n) is 3.36. The van der Waals surface area contributed by atoms with Gasteiger partial charge < -0.3 is 4.74 Å². The van der Waals surface area contributed by atoms with Gasteiger partial charge in [-0.05, 0) is 19.8 Å². The van der Waals surface area contributed by atoms with Crippen molar-refractivity contribution in [3.8, 4) is 0 Å². The molecule has 0 aromatic rings. The molecule has 0 aromatic carbocycles. The first-order valence-electron chi connectivity index (χ1n) is 5.78. The van der Waals surface area contributed by atoms with Gasteiger partial charge in [-0.1, -0.05) is 44.1 Å². The van der Waals surface area contributed by atoms with E-state index < -0.39 is 0 Å². The third-order valence-corrected chi connectivity index (χ3v) is 1.95. The van der Waals surface area contributed by atoms with Crippen molar-refractivity contribution in [2.45, 2.75) is 46.0 Å².